The van der Waals surface area contributed by atoms with E-state index in [1.165, 1.54) is 31.4 Å². The maximum Gasteiger partial charge on any atom is 0.387 e. The second kappa shape index (κ2) is 9.45. The number of Topliss-reactive ketones (excluding diaryl/α,β-unsaturated/α-hetero) is 1. The van der Waals surface area contributed by atoms with Crippen molar-refractivity contribution in [3.05, 3.63) is 29.8 Å². The van der Waals surface area contributed by atoms with E-state index in [0.717, 1.165) is 19.3 Å². The molecule has 1 rings (SSSR count). The van der Waals surface area contributed by atoms with Gasteiger partial charge in [-0.1, -0.05) is 51.2 Å². The molecule has 0 aromatic heterocycles. The number of unbranched alkanes of at least 4 members (excludes halogenated alkanes) is 5. The first-order chi connectivity index (χ1) is 9.65. The second-order valence-corrected chi connectivity index (χ2v) is 4.82. The number of ketones is 1. The molecule has 0 heterocycles. The summed E-state index contributed by atoms with van der Waals surface area (Å²) >= 11 is 0. The molecule has 0 aliphatic heterocycles. The van der Waals surface area contributed by atoms with E-state index in [0.29, 0.717) is 6.42 Å². The fourth-order valence-electron chi connectivity index (χ4n) is 2.10. The molecule has 0 aliphatic rings. The Morgan fingerprint density at radius 2 is 1.75 bits per heavy atom. The average molecular weight is 284 g/mol. The summed E-state index contributed by atoms with van der Waals surface area (Å²) in [6.07, 6.45) is 6.91. The topological polar surface area (TPSA) is 26.3 Å². The lowest BCUT2D eigenvalue weighted by molar-refractivity contribution is -0.0501. The highest BCUT2D eigenvalue weighted by atomic mass is 19.3. The molecule has 0 aliphatic carbocycles. The fourth-order valence-corrected chi connectivity index (χ4v) is 2.10. The van der Waals surface area contributed by atoms with Crippen LogP contribution in [0.3, 0.4) is 0 Å². The number of alkyl halides is 2. The second-order valence-electron chi connectivity index (χ2n) is 4.82. The molecule has 0 atom stereocenters. The Morgan fingerprint density at radius 1 is 1.10 bits per heavy atom. The van der Waals surface area contributed by atoms with Gasteiger partial charge in [-0.3, -0.25) is 4.79 Å². The van der Waals surface area contributed by atoms with Crippen molar-refractivity contribution in [3.63, 3.8) is 0 Å². The van der Waals surface area contributed by atoms with Gasteiger partial charge in [0.1, 0.15) is 5.75 Å². The minimum atomic E-state index is -2.90. The number of benzene rings is 1. The van der Waals surface area contributed by atoms with Crippen molar-refractivity contribution in [2.24, 2.45) is 0 Å². The predicted octanol–water partition coefficient (Wildman–Crippen LogP) is 5.22. The zero-order valence-corrected chi connectivity index (χ0v) is 11.9. The quantitative estimate of drug-likeness (QED) is 0.435. The van der Waals surface area contributed by atoms with Crippen LogP contribution >= 0.6 is 0 Å². The summed E-state index contributed by atoms with van der Waals surface area (Å²) in [5.74, 6) is -0.157. The maximum atomic E-state index is 12.3. The number of ether oxygens (including phenoxy) is 1. The monoisotopic (exact) mass is 284 g/mol. The lowest BCUT2D eigenvalue weighted by Crippen LogP contribution is -2.08. The van der Waals surface area contributed by atoms with Gasteiger partial charge in [0.25, 0.3) is 0 Å². The smallest absolute Gasteiger partial charge is 0.387 e. The highest BCUT2D eigenvalue weighted by Crippen LogP contribution is 2.22. The van der Waals surface area contributed by atoms with E-state index < -0.39 is 6.61 Å². The molecular formula is C16H22F2O2. The summed E-state index contributed by atoms with van der Waals surface area (Å²) in [7, 11) is 0. The van der Waals surface area contributed by atoms with Crippen LogP contribution in [0.15, 0.2) is 24.3 Å². The molecule has 0 bridgehead atoms. The van der Waals surface area contributed by atoms with E-state index in [-0.39, 0.29) is 17.1 Å². The van der Waals surface area contributed by atoms with Crippen LogP contribution in [0.25, 0.3) is 0 Å². The van der Waals surface area contributed by atoms with Crippen LogP contribution in [0.2, 0.25) is 0 Å². The van der Waals surface area contributed by atoms with Crippen molar-refractivity contribution in [3.8, 4) is 5.75 Å². The first-order valence-corrected chi connectivity index (χ1v) is 7.22. The number of para-hydroxylation sites is 1. The molecule has 0 spiro atoms. The SMILES string of the molecule is CCCCCCCCC(=O)c1ccccc1OC(F)F. The van der Waals surface area contributed by atoms with Gasteiger partial charge >= 0.3 is 6.61 Å². The molecule has 1 aromatic carbocycles. The van der Waals surface area contributed by atoms with Crippen LogP contribution in [0, 0.1) is 0 Å². The summed E-state index contributed by atoms with van der Waals surface area (Å²) in [4.78, 5) is 12.0. The summed E-state index contributed by atoms with van der Waals surface area (Å²) in [6, 6.07) is 6.18. The molecule has 1 aromatic rings. The van der Waals surface area contributed by atoms with E-state index in [2.05, 4.69) is 11.7 Å². The van der Waals surface area contributed by atoms with Crippen LogP contribution in [0.5, 0.6) is 5.75 Å². The maximum absolute atomic E-state index is 12.3. The Morgan fingerprint density at radius 3 is 2.45 bits per heavy atom. The minimum Gasteiger partial charge on any atom is -0.434 e. The van der Waals surface area contributed by atoms with Crippen molar-refractivity contribution in [2.45, 2.75) is 58.5 Å². The lowest BCUT2D eigenvalue weighted by Gasteiger charge is -2.09. The molecule has 2 nitrogen and oxygen atoms in total. The highest BCUT2D eigenvalue weighted by Gasteiger charge is 2.14. The van der Waals surface area contributed by atoms with E-state index in [9.17, 15) is 13.6 Å². The molecule has 0 unspecified atom stereocenters. The van der Waals surface area contributed by atoms with Crippen LogP contribution in [-0.4, -0.2) is 12.4 Å². The number of hydrogen-bond acceptors (Lipinski definition) is 2. The third-order valence-corrected chi connectivity index (χ3v) is 3.16. The first kappa shape index (κ1) is 16.6. The molecule has 0 N–H and O–H groups in total. The lowest BCUT2D eigenvalue weighted by atomic mass is 10.0. The van der Waals surface area contributed by atoms with Gasteiger partial charge in [-0.2, -0.15) is 8.78 Å². The van der Waals surface area contributed by atoms with Crippen LogP contribution < -0.4 is 4.74 Å². The number of hydrogen-bond donors (Lipinski definition) is 0. The molecular weight excluding hydrogens is 262 g/mol. The van der Waals surface area contributed by atoms with Crippen molar-refractivity contribution >= 4 is 5.78 Å². The average Bonchev–Trinajstić information content (AvgIpc) is 2.42. The summed E-state index contributed by atoms with van der Waals surface area (Å²) in [5, 5.41) is 0. The minimum absolute atomic E-state index is 0.0292. The van der Waals surface area contributed by atoms with E-state index in [1.54, 1.807) is 12.1 Å². The van der Waals surface area contributed by atoms with Crippen LogP contribution in [0.1, 0.15) is 62.2 Å². The van der Waals surface area contributed by atoms with Gasteiger partial charge in [0.2, 0.25) is 0 Å². The molecule has 0 saturated heterocycles. The molecule has 0 radical (unpaired) electrons. The third kappa shape index (κ3) is 6.13. The standard InChI is InChI=1S/C16H22F2O2/c1-2-3-4-5-6-7-11-14(19)13-10-8-9-12-15(13)20-16(17)18/h8-10,12,16H,2-7,11H2,1H3. The van der Waals surface area contributed by atoms with Crippen LogP contribution in [-0.2, 0) is 0 Å². The van der Waals surface area contributed by atoms with Crippen LogP contribution in [0.4, 0.5) is 8.78 Å². The van der Waals surface area contributed by atoms with Crippen molar-refractivity contribution in [2.75, 3.05) is 0 Å². The fraction of sp³-hybridized carbons (Fsp3) is 0.562. The van der Waals surface area contributed by atoms with Gasteiger partial charge in [-0.05, 0) is 18.6 Å². The Balaban J connectivity index is 2.43. The van der Waals surface area contributed by atoms with Gasteiger partial charge in [0.15, 0.2) is 5.78 Å². The number of carbonyl (C=O) groups is 1. The highest BCUT2D eigenvalue weighted by molar-refractivity contribution is 5.98. The molecule has 112 valence electrons. The summed E-state index contributed by atoms with van der Waals surface area (Å²) < 4.78 is 28.9. The van der Waals surface area contributed by atoms with E-state index in [1.807, 2.05) is 0 Å². The molecule has 0 fully saturated rings. The third-order valence-electron chi connectivity index (χ3n) is 3.16. The first-order valence-electron chi connectivity index (χ1n) is 7.22. The largest absolute Gasteiger partial charge is 0.434 e. The van der Waals surface area contributed by atoms with Crippen molar-refractivity contribution in [1.29, 1.82) is 0 Å². The van der Waals surface area contributed by atoms with Gasteiger partial charge in [-0.25, -0.2) is 0 Å². The Hall–Kier alpha value is -1.45. The molecule has 4 heteroatoms. The van der Waals surface area contributed by atoms with Gasteiger partial charge in [0, 0.05) is 6.42 Å². The predicted molar refractivity (Wildman–Crippen MR) is 75.4 cm³/mol. The number of halogens is 2. The van der Waals surface area contributed by atoms with Gasteiger partial charge in [0.05, 0.1) is 5.56 Å². The summed E-state index contributed by atoms with van der Waals surface area (Å²) in [6.45, 7) is -0.748. The molecule has 20 heavy (non-hydrogen) atoms. The molecule has 0 amide bonds. The summed E-state index contributed by atoms with van der Waals surface area (Å²) in [5.41, 5.74) is 0.251. The number of carbonyl (C=O) groups excluding carboxylic acids is 1. The Kier molecular flexibility index (Phi) is 7.85. The normalized spacial score (nSPS) is 10.8. The Labute approximate surface area is 119 Å². The van der Waals surface area contributed by atoms with E-state index in [4.69, 9.17) is 0 Å². The number of rotatable bonds is 10. The Bertz CT molecular complexity index is 405. The van der Waals surface area contributed by atoms with Gasteiger partial charge < -0.3 is 4.74 Å². The zero-order chi connectivity index (χ0) is 14.8. The zero-order valence-electron chi connectivity index (χ0n) is 11.9. The van der Waals surface area contributed by atoms with Crippen molar-refractivity contribution in [1.82, 2.24) is 0 Å². The van der Waals surface area contributed by atoms with Crippen molar-refractivity contribution < 1.29 is 18.3 Å². The van der Waals surface area contributed by atoms with E-state index >= 15 is 0 Å². The molecule has 0 saturated carbocycles. The van der Waals surface area contributed by atoms with Gasteiger partial charge in [-0.15, -0.1) is 0 Å².